The minimum atomic E-state index is -0.252. The van der Waals surface area contributed by atoms with E-state index in [1.165, 1.54) is 0 Å². The maximum absolute atomic E-state index is 12.0. The van der Waals surface area contributed by atoms with E-state index < -0.39 is 0 Å². The van der Waals surface area contributed by atoms with Crippen LogP contribution in [0.5, 0.6) is 0 Å². The number of nitrogens with one attached hydrogen (secondary N) is 1. The van der Waals surface area contributed by atoms with Crippen LogP contribution in [0.4, 0.5) is 0 Å². The molecule has 0 aliphatic rings. The molecule has 0 aliphatic carbocycles. The van der Waals surface area contributed by atoms with Gasteiger partial charge in [-0.3, -0.25) is 4.79 Å². The Kier molecular flexibility index (Phi) is 4.87. The van der Waals surface area contributed by atoms with Crippen molar-refractivity contribution in [1.82, 2.24) is 5.32 Å². The van der Waals surface area contributed by atoms with Gasteiger partial charge in [0, 0.05) is 13.2 Å². The molecule has 0 bridgehead atoms. The van der Waals surface area contributed by atoms with Crippen LogP contribution in [0.2, 0.25) is 0 Å². The fraction of sp³-hybridized carbons (Fsp3) is 0.429. The Labute approximate surface area is 107 Å². The number of nitrogens with zero attached hydrogens (tertiary/aromatic N) is 1. The number of aliphatic hydroxyl groups is 1. The van der Waals surface area contributed by atoms with Crippen molar-refractivity contribution in [3.8, 4) is 6.07 Å². The standard InChI is InChI=1S/C14H18N2O2/c1-14(2,7-8-17)10-16-13(18)12-6-4-3-5-11(12)9-15/h3-6,17H,7-8,10H2,1-2H3,(H,16,18). The third kappa shape index (κ3) is 3.86. The van der Waals surface area contributed by atoms with Crippen molar-refractivity contribution >= 4 is 5.91 Å². The van der Waals surface area contributed by atoms with Gasteiger partial charge in [-0.1, -0.05) is 26.0 Å². The molecular formula is C14H18N2O2. The summed E-state index contributed by atoms with van der Waals surface area (Å²) in [4.78, 5) is 12.0. The molecular weight excluding hydrogens is 228 g/mol. The number of nitriles is 1. The number of aliphatic hydroxyl groups excluding tert-OH is 1. The zero-order valence-electron chi connectivity index (χ0n) is 10.7. The first-order valence-electron chi connectivity index (χ1n) is 5.88. The van der Waals surface area contributed by atoms with E-state index in [1.54, 1.807) is 24.3 Å². The van der Waals surface area contributed by atoms with Gasteiger partial charge < -0.3 is 10.4 Å². The lowest BCUT2D eigenvalue weighted by molar-refractivity contribution is 0.0928. The van der Waals surface area contributed by atoms with Gasteiger partial charge in [-0.05, 0) is 24.0 Å². The minimum Gasteiger partial charge on any atom is -0.396 e. The van der Waals surface area contributed by atoms with Gasteiger partial charge in [0.25, 0.3) is 5.91 Å². The Morgan fingerprint density at radius 2 is 2.11 bits per heavy atom. The highest BCUT2D eigenvalue weighted by atomic mass is 16.3. The number of hydrogen-bond acceptors (Lipinski definition) is 3. The van der Waals surface area contributed by atoms with Gasteiger partial charge in [0.05, 0.1) is 17.2 Å². The summed E-state index contributed by atoms with van der Waals surface area (Å²) in [5, 5.41) is 20.6. The molecule has 0 fully saturated rings. The smallest absolute Gasteiger partial charge is 0.252 e. The van der Waals surface area contributed by atoms with Crippen LogP contribution in [0.1, 0.15) is 36.2 Å². The number of hydrogen-bond donors (Lipinski definition) is 2. The summed E-state index contributed by atoms with van der Waals surface area (Å²) in [5.41, 5.74) is 0.598. The monoisotopic (exact) mass is 246 g/mol. The van der Waals surface area contributed by atoms with Gasteiger partial charge in [-0.25, -0.2) is 0 Å². The van der Waals surface area contributed by atoms with Gasteiger partial charge in [-0.15, -0.1) is 0 Å². The molecule has 0 atom stereocenters. The normalized spacial score (nSPS) is 10.8. The summed E-state index contributed by atoms with van der Waals surface area (Å²) in [7, 11) is 0. The molecule has 1 aromatic rings. The Bertz CT molecular complexity index is 461. The zero-order chi connectivity index (χ0) is 13.6. The second-order valence-corrected chi connectivity index (χ2v) is 4.98. The molecule has 0 spiro atoms. The topological polar surface area (TPSA) is 73.1 Å². The molecule has 2 N–H and O–H groups in total. The summed E-state index contributed by atoms with van der Waals surface area (Å²) in [6, 6.07) is 8.71. The summed E-state index contributed by atoms with van der Waals surface area (Å²) in [6.07, 6.45) is 0.618. The summed E-state index contributed by atoms with van der Waals surface area (Å²) in [5.74, 6) is -0.252. The predicted molar refractivity (Wildman–Crippen MR) is 69.0 cm³/mol. The largest absolute Gasteiger partial charge is 0.396 e. The first-order valence-corrected chi connectivity index (χ1v) is 5.88. The molecule has 4 nitrogen and oxygen atoms in total. The quantitative estimate of drug-likeness (QED) is 0.830. The minimum absolute atomic E-state index is 0.0949. The lowest BCUT2D eigenvalue weighted by Gasteiger charge is -2.23. The van der Waals surface area contributed by atoms with Crippen LogP contribution in [-0.2, 0) is 0 Å². The van der Waals surface area contributed by atoms with Crippen LogP contribution in [0.3, 0.4) is 0 Å². The van der Waals surface area contributed by atoms with Gasteiger partial charge in [0.2, 0.25) is 0 Å². The maximum Gasteiger partial charge on any atom is 0.252 e. The van der Waals surface area contributed by atoms with E-state index in [0.29, 0.717) is 24.1 Å². The van der Waals surface area contributed by atoms with Crippen molar-refractivity contribution in [2.24, 2.45) is 5.41 Å². The average Bonchev–Trinajstić information content (AvgIpc) is 2.36. The van der Waals surface area contributed by atoms with E-state index in [2.05, 4.69) is 5.32 Å². The number of carbonyl (C=O) groups is 1. The molecule has 0 heterocycles. The van der Waals surface area contributed by atoms with E-state index >= 15 is 0 Å². The first kappa shape index (κ1) is 14.2. The van der Waals surface area contributed by atoms with Crippen LogP contribution >= 0.6 is 0 Å². The van der Waals surface area contributed by atoms with Gasteiger partial charge in [0.15, 0.2) is 0 Å². The molecule has 0 aliphatic heterocycles. The van der Waals surface area contributed by atoms with E-state index in [-0.39, 0.29) is 17.9 Å². The predicted octanol–water partition coefficient (Wildman–Crippen LogP) is 1.70. The highest BCUT2D eigenvalue weighted by Gasteiger charge is 2.19. The zero-order valence-corrected chi connectivity index (χ0v) is 10.7. The highest BCUT2D eigenvalue weighted by Crippen LogP contribution is 2.18. The Hall–Kier alpha value is -1.86. The van der Waals surface area contributed by atoms with E-state index in [1.807, 2.05) is 19.9 Å². The second-order valence-electron chi connectivity index (χ2n) is 4.98. The van der Waals surface area contributed by atoms with Crippen LogP contribution in [-0.4, -0.2) is 24.2 Å². The average molecular weight is 246 g/mol. The number of amides is 1. The molecule has 0 saturated heterocycles. The van der Waals surface area contributed by atoms with Crippen LogP contribution in [0, 0.1) is 16.7 Å². The van der Waals surface area contributed by atoms with E-state index in [9.17, 15) is 4.79 Å². The van der Waals surface area contributed by atoms with Crippen LogP contribution in [0.15, 0.2) is 24.3 Å². The van der Waals surface area contributed by atoms with Crippen LogP contribution in [0.25, 0.3) is 0 Å². The Morgan fingerprint density at radius 1 is 1.44 bits per heavy atom. The first-order chi connectivity index (χ1) is 8.50. The molecule has 96 valence electrons. The second kappa shape index (κ2) is 6.18. The fourth-order valence-electron chi connectivity index (χ4n) is 1.58. The van der Waals surface area contributed by atoms with Crippen molar-refractivity contribution in [2.45, 2.75) is 20.3 Å². The van der Waals surface area contributed by atoms with Crippen molar-refractivity contribution in [3.05, 3.63) is 35.4 Å². The molecule has 1 rings (SSSR count). The van der Waals surface area contributed by atoms with Gasteiger partial charge in [-0.2, -0.15) is 5.26 Å². The van der Waals surface area contributed by atoms with Gasteiger partial charge >= 0.3 is 0 Å². The third-order valence-electron chi connectivity index (χ3n) is 2.81. The Morgan fingerprint density at radius 3 is 2.72 bits per heavy atom. The number of benzene rings is 1. The fourth-order valence-corrected chi connectivity index (χ4v) is 1.58. The van der Waals surface area contributed by atoms with E-state index in [0.717, 1.165) is 0 Å². The molecule has 4 heteroatoms. The van der Waals surface area contributed by atoms with Crippen LogP contribution < -0.4 is 5.32 Å². The van der Waals surface area contributed by atoms with Gasteiger partial charge in [0.1, 0.15) is 0 Å². The number of rotatable bonds is 5. The third-order valence-corrected chi connectivity index (χ3v) is 2.81. The summed E-state index contributed by atoms with van der Waals surface area (Å²) < 4.78 is 0. The van der Waals surface area contributed by atoms with E-state index in [4.69, 9.17) is 10.4 Å². The maximum atomic E-state index is 12.0. The van der Waals surface area contributed by atoms with Crippen molar-refractivity contribution in [1.29, 1.82) is 5.26 Å². The Balaban J connectivity index is 2.70. The molecule has 0 aromatic heterocycles. The molecule has 1 aromatic carbocycles. The molecule has 0 saturated carbocycles. The lowest BCUT2D eigenvalue weighted by Crippen LogP contribution is -2.34. The van der Waals surface area contributed by atoms with Crippen molar-refractivity contribution in [3.63, 3.8) is 0 Å². The summed E-state index contributed by atoms with van der Waals surface area (Å²) in [6.45, 7) is 4.50. The molecule has 0 radical (unpaired) electrons. The molecule has 1 amide bonds. The SMILES string of the molecule is CC(C)(CCO)CNC(=O)c1ccccc1C#N. The lowest BCUT2D eigenvalue weighted by atomic mass is 9.89. The van der Waals surface area contributed by atoms with Crippen molar-refractivity contribution < 1.29 is 9.90 Å². The highest BCUT2D eigenvalue weighted by molar-refractivity contribution is 5.96. The number of carbonyl (C=O) groups excluding carboxylic acids is 1. The summed E-state index contributed by atoms with van der Waals surface area (Å²) >= 11 is 0. The van der Waals surface area contributed by atoms with Crippen molar-refractivity contribution in [2.75, 3.05) is 13.2 Å². The molecule has 18 heavy (non-hydrogen) atoms. The molecule has 0 unspecified atom stereocenters.